The van der Waals surface area contributed by atoms with Crippen LogP contribution in [0.15, 0.2) is 48.5 Å². The number of ether oxygens (including phenoxy) is 1. The quantitative estimate of drug-likeness (QED) is 0.822. The van der Waals surface area contributed by atoms with Crippen LogP contribution in [0.3, 0.4) is 0 Å². The molecule has 2 N–H and O–H groups in total. The Morgan fingerprint density at radius 1 is 1.04 bits per heavy atom. The van der Waals surface area contributed by atoms with Gasteiger partial charge in [0.15, 0.2) is 0 Å². The first-order chi connectivity index (χ1) is 11.7. The van der Waals surface area contributed by atoms with Gasteiger partial charge in [-0.2, -0.15) is 0 Å². The summed E-state index contributed by atoms with van der Waals surface area (Å²) in [5.41, 5.74) is 1.76. The van der Waals surface area contributed by atoms with Crippen molar-refractivity contribution in [3.63, 3.8) is 0 Å². The number of para-hydroxylation sites is 2. The maximum absolute atomic E-state index is 12.3. The molecule has 0 atom stereocenters. The number of nitrogens with one attached hydrogen (secondary N) is 2. The van der Waals surface area contributed by atoms with E-state index >= 15 is 0 Å². The molecule has 2 aromatic rings. The van der Waals surface area contributed by atoms with Crippen LogP contribution < -0.4 is 15.4 Å². The maximum Gasteiger partial charge on any atom is 0.253 e. The molecule has 0 saturated carbocycles. The van der Waals surface area contributed by atoms with Crippen LogP contribution in [0.1, 0.15) is 29.3 Å². The van der Waals surface area contributed by atoms with E-state index in [0.717, 1.165) is 12.0 Å². The fraction of sp³-hybridized carbons (Fsp3) is 0.263. The van der Waals surface area contributed by atoms with E-state index in [1.807, 2.05) is 31.2 Å². The van der Waals surface area contributed by atoms with Gasteiger partial charge in [0.05, 0.1) is 24.8 Å². The Balaban J connectivity index is 2.10. The van der Waals surface area contributed by atoms with Gasteiger partial charge in [-0.3, -0.25) is 9.59 Å². The molecular weight excluding hydrogens is 304 g/mol. The number of methoxy groups -OCH3 is 1. The Hall–Kier alpha value is -2.82. The second-order valence-corrected chi connectivity index (χ2v) is 5.34. The molecule has 2 rings (SSSR count). The zero-order chi connectivity index (χ0) is 17.4. The number of anilines is 1. The van der Waals surface area contributed by atoms with Crippen molar-refractivity contribution >= 4 is 17.5 Å². The highest BCUT2D eigenvalue weighted by Gasteiger charge is 2.14. The van der Waals surface area contributed by atoms with E-state index in [1.54, 1.807) is 31.4 Å². The Bertz CT molecular complexity index is 713. The number of carbonyl (C=O) groups excluding carboxylic acids is 2. The summed E-state index contributed by atoms with van der Waals surface area (Å²) < 4.78 is 5.26. The highest BCUT2D eigenvalue weighted by Crippen LogP contribution is 2.20. The van der Waals surface area contributed by atoms with E-state index in [0.29, 0.717) is 23.5 Å². The zero-order valence-corrected chi connectivity index (χ0v) is 14.0. The summed E-state index contributed by atoms with van der Waals surface area (Å²) in [4.78, 5) is 24.5. The Kier molecular flexibility index (Phi) is 6.37. The van der Waals surface area contributed by atoms with Crippen LogP contribution in [0, 0.1) is 0 Å². The first-order valence-corrected chi connectivity index (χ1v) is 7.94. The lowest BCUT2D eigenvalue weighted by Crippen LogP contribution is -2.26. The topological polar surface area (TPSA) is 67.4 Å². The molecule has 0 heterocycles. The van der Waals surface area contributed by atoms with E-state index < -0.39 is 0 Å². The molecule has 0 spiro atoms. The highest BCUT2D eigenvalue weighted by molar-refractivity contribution is 6.04. The van der Waals surface area contributed by atoms with Crippen molar-refractivity contribution < 1.29 is 14.3 Å². The molecule has 0 aliphatic carbocycles. The van der Waals surface area contributed by atoms with Gasteiger partial charge < -0.3 is 15.4 Å². The highest BCUT2D eigenvalue weighted by atomic mass is 16.5. The minimum absolute atomic E-state index is 0.176. The number of rotatable bonds is 7. The summed E-state index contributed by atoms with van der Waals surface area (Å²) in [6, 6.07) is 14.4. The van der Waals surface area contributed by atoms with Gasteiger partial charge in [-0.1, -0.05) is 37.3 Å². The number of amides is 2. The molecule has 0 aromatic heterocycles. The predicted octanol–water partition coefficient (Wildman–Crippen LogP) is 3.02. The van der Waals surface area contributed by atoms with Gasteiger partial charge in [0, 0.05) is 12.1 Å². The van der Waals surface area contributed by atoms with Gasteiger partial charge in [-0.05, 0) is 24.6 Å². The normalized spacial score (nSPS) is 10.1. The summed E-state index contributed by atoms with van der Waals surface area (Å²) in [7, 11) is 1.57. The number of hydrogen-bond acceptors (Lipinski definition) is 3. The van der Waals surface area contributed by atoms with Crippen LogP contribution in [0.2, 0.25) is 0 Å². The third-order valence-electron chi connectivity index (χ3n) is 3.52. The Morgan fingerprint density at radius 2 is 1.75 bits per heavy atom. The standard InChI is InChI=1S/C19H22N2O3/c1-3-12-20-19(23)15-9-5-6-10-16(15)21-18(22)13-14-8-4-7-11-17(14)24-2/h4-11H,3,12-13H2,1-2H3,(H,20,23)(H,21,22). The average molecular weight is 326 g/mol. The summed E-state index contributed by atoms with van der Waals surface area (Å²) in [5, 5.41) is 5.63. The van der Waals surface area contributed by atoms with Crippen molar-refractivity contribution in [2.75, 3.05) is 19.0 Å². The molecule has 126 valence electrons. The molecule has 0 radical (unpaired) electrons. The van der Waals surface area contributed by atoms with E-state index in [-0.39, 0.29) is 18.2 Å². The van der Waals surface area contributed by atoms with Crippen LogP contribution in [0.25, 0.3) is 0 Å². The third kappa shape index (κ3) is 4.59. The molecule has 0 fully saturated rings. The Morgan fingerprint density at radius 3 is 2.50 bits per heavy atom. The second-order valence-electron chi connectivity index (χ2n) is 5.34. The number of benzene rings is 2. The molecular formula is C19H22N2O3. The third-order valence-corrected chi connectivity index (χ3v) is 3.52. The van der Waals surface area contributed by atoms with Gasteiger partial charge >= 0.3 is 0 Å². The van der Waals surface area contributed by atoms with Crippen molar-refractivity contribution in [1.82, 2.24) is 5.32 Å². The van der Waals surface area contributed by atoms with Crippen LogP contribution in [0.5, 0.6) is 5.75 Å². The molecule has 0 saturated heterocycles. The van der Waals surface area contributed by atoms with Crippen molar-refractivity contribution in [1.29, 1.82) is 0 Å². The van der Waals surface area contributed by atoms with E-state index in [9.17, 15) is 9.59 Å². The van der Waals surface area contributed by atoms with Gasteiger partial charge in [-0.15, -0.1) is 0 Å². The van der Waals surface area contributed by atoms with Crippen LogP contribution in [0.4, 0.5) is 5.69 Å². The second kappa shape index (κ2) is 8.72. The molecule has 24 heavy (non-hydrogen) atoms. The van der Waals surface area contributed by atoms with Crippen LogP contribution >= 0.6 is 0 Å². The lowest BCUT2D eigenvalue weighted by atomic mass is 10.1. The van der Waals surface area contributed by atoms with E-state index in [1.165, 1.54) is 0 Å². The first kappa shape index (κ1) is 17.5. The van der Waals surface area contributed by atoms with Crippen molar-refractivity contribution in [3.05, 3.63) is 59.7 Å². The number of hydrogen-bond donors (Lipinski definition) is 2. The maximum atomic E-state index is 12.3. The SMILES string of the molecule is CCCNC(=O)c1ccccc1NC(=O)Cc1ccccc1OC. The van der Waals surface area contributed by atoms with Gasteiger partial charge in [0.2, 0.25) is 5.91 Å². The van der Waals surface area contributed by atoms with Gasteiger partial charge in [0.25, 0.3) is 5.91 Å². The average Bonchev–Trinajstić information content (AvgIpc) is 2.60. The van der Waals surface area contributed by atoms with Gasteiger partial charge in [0.1, 0.15) is 5.75 Å². The molecule has 0 bridgehead atoms. The molecule has 2 amide bonds. The fourth-order valence-electron chi connectivity index (χ4n) is 2.34. The fourth-order valence-corrected chi connectivity index (χ4v) is 2.34. The minimum Gasteiger partial charge on any atom is -0.496 e. The summed E-state index contributed by atoms with van der Waals surface area (Å²) in [6.07, 6.45) is 1.03. The summed E-state index contributed by atoms with van der Waals surface area (Å²) in [5.74, 6) is 0.280. The van der Waals surface area contributed by atoms with Crippen LogP contribution in [-0.2, 0) is 11.2 Å². The molecule has 2 aromatic carbocycles. The van der Waals surface area contributed by atoms with Crippen molar-refractivity contribution in [3.8, 4) is 5.75 Å². The zero-order valence-electron chi connectivity index (χ0n) is 14.0. The summed E-state index contributed by atoms with van der Waals surface area (Å²) in [6.45, 7) is 2.59. The number of carbonyl (C=O) groups is 2. The molecule has 5 heteroatoms. The smallest absolute Gasteiger partial charge is 0.253 e. The lowest BCUT2D eigenvalue weighted by molar-refractivity contribution is -0.115. The monoisotopic (exact) mass is 326 g/mol. The van der Waals surface area contributed by atoms with E-state index in [4.69, 9.17) is 4.74 Å². The van der Waals surface area contributed by atoms with Crippen molar-refractivity contribution in [2.24, 2.45) is 0 Å². The van der Waals surface area contributed by atoms with Crippen molar-refractivity contribution in [2.45, 2.75) is 19.8 Å². The predicted molar refractivity (Wildman–Crippen MR) is 94.4 cm³/mol. The van der Waals surface area contributed by atoms with E-state index in [2.05, 4.69) is 10.6 Å². The molecule has 5 nitrogen and oxygen atoms in total. The van der Waals surface area contributed by atoms with Crippen LogP contribution in [-0.4, -0.2) is 25.5 Å². The lowest BCUT2D eigenvalue weighted by Gasteiger charge is -2.12. The minimum atomic E-state index is -0.199. The van der Waals surface area contributed by atoms with Gasteiger partial charge in [-0.25, -0.2) is 0 Å². The largest absolute Gasteiger partial charge is 0.496 e. The Labute approximate surface area is 142 Å². The molecule has 0 aliphatic rings. The first-order valence-electron chi connectivity index (χ1n) is 7.94. The summed E-state index contributed by atoms with van der Waals surface area (Å²) >= 11 is 0. The molecule has 0 unspecified atom stereocenters. The molecule has 0 aliphatic heterocycles.